The first kappa shape index (κ1) is 14.6. The average Bonchev–Trinajstić information content (AvgIpc) is 2.30. The fraction of sp³-hybridized carbons (Fsp3) is 0.429. The van der Waals surface area contributed by atoms with Crippen molar-refractivity contribution >= 4 is 0 Å². The molecule has 100 valence electrons. The molecule has 0 fully saturated rings. The van der Waals surface area contributed by atoms with Crippen LogP contribution in [0.1, 0.15) is 31.4 Å². The third kappa shape index (κ3) is 4.09. The van der Waals surface area contributed by atoms with Crippen molar-refractivity contribution in [1.82, 2.24) is 0 Å². The van der Waals surface area contributed by atoms with Gasteiger partial charge in [0.1, 0.15) is 5.75 Å². The molecule has 0 bridgehead atoms. The topological polar surface area (TPSA) is 9.23 Å². The van der Waals surface area contributed by atoms with E-state index in [-0.39, 0.29) is 0 Å². The van der Waals surface area contributed by atoms with E-state index >= 15 is 0 Å². The summed E-state index contributed by atoms with van der Waals surface area (Å²) in [6.07, 6.45) is 0.755. The standard InChI is InChI=1S/C14H17F3O/c1-3-5-6-7-11-10-12(14(15,16)17)8-9-13(11)18-4-2/h3,5,8-10H,4,6-7H2,1-2H3/b5-3-. The van der Waals surface area contributed by atoms with Gasteiger partial charge in [-0.3, -0.25) is 0 Å². The lowest BCUT2D eigenvalue weighted by atomic mass is 10.0. The molecule has 0 heterocycles. The van der Waals surface area contributed by atoms with Crippen molar-refractivity contribution in [2.75, 3.05) is 6.61 Å². The van der Waals surface area contributed by atoms with Crippen LogP contribution in [0.2, 0.25) is 0 Å². The van der Waals surface area contributed by atoms with Gasteiger partial charge in [0, 0.05) is 0 Å². The van der Waals surface area contributed by atoms with Gasteiger partial charge >= 0.3 is 6.18 Å². The normalized spacial score (nSPS) is 12.1. The first-order valence-corrected chi connectivity index (χ1v) is 5.93. The lowest BCUT2D eigenvalue weighted by Crippen LogP contribution is -2.06. The second-order valence-electron chi connectivity index (χ2n) is 3.86. The Kier molecular flexibility index (Phi) is 5.25. The average molecular weight is 258 g/mol. The molecule has 0 saturated heterocycles. The van der Waals surface area contributed by atoms with Crippen LogP contribution in [-0.4, -0.2) is 6.61 Å². The maximum atomic E-state index is 12.6. The fourth-order valence-electron chi connectivity index (χ4n) is 1.65. The summed E-state index contributed by atoms with van der Waals surface area (Å²) in [5.41, 5.74) is -0.0220. The summed E-state index contributed by atoms with van der Waals surface area (Å²) >= 11 is 0. The molecular weight excluding hydrogens is 241 g/mol. The van der Waals surface area contributed by atoms with E-state index in [1.54, 1.807) is 0 Å². The van der Waals surface area contributed by atoms with E-state index in [1.165, 1.54) is 12.1 Å². The van der Waals surface area contributed by atoms with Gasteiger partial charge in [-0.2, -0.15) is 13.2 Å². The van der Waals surface area contributed by atoms with E-state index in [4.69, 9.17) is 4.74 Å². The van der Waals surface area contributed by atoms with E-state index in [0.29, 0.717) is 30.8 Å². The van der Waals surface area contributed by atoms with Crippen molar-refractivity contribution in [1.29, 1.82) is 0 Å². The zero-order chi connectivity index (χ0) is 13.6. The summed E-state index contributed by atoms with van der Waals surface area (Å²) < 4.78 is 43.2. The van der Waals surface area contributed by atoms with Gasteiger partial charge in [-0.25, -0.2) is 0 Å². The molecule has 4 heteroatoms. The van der Waals surface area contributed by atoms with Gasteiger partial charge in [0.15, 0.2) is 0 Å². The molecule has 0 aliphatic carbocycles. The minimum atomic E-state index is -4.31. The number of allylic oxidation sites excluding steroid dienone is 2. The Bertz CT molecular complexity index is 408. The van der Waals surface area contributed by atoms with E-state index in [9.17, 15) is 13.2 Å². The van der Waals surface area contributed by atoms with E-state index in [0.717, 1.165) is 6.07 Å². The monoisotopic (exact) mass is 258 g/mol. The summed E-state index contributed by atoms with van der Waals surface area (Å²) in [7, 11) is 0. The second-order valence-corrected chi connectivity index (χ2v) is 3.86. The quantitative estimate of drug-likeness (QED) is 0.700. The first-order valence-electron chi connectivity index (χ1n) is 5.93. The Morgan fingerprint density at radius 2 is 2.00 bits per heavy atom. The zero-order valence-corrected chi connectivity index (χ0v) is 10.6. The van der Waals surface area contributed by atoms with E-state index < -0.39 is 11.7 Å². The molecule has 0 aromatic heterocycles. The maximum Gasteiger partial charge on any atom is 0.416 e. The minimum Gasteiger partial charge on any atom is -0.494 e. The predicted molar refractivity (Wildman–Crippen MR) is 65.7 cm³/mol. The zero-order valence-electron chi connectivity index (χ0n) is 10.6. The van der Waals surface area contributed by atoms with Gasteiger partial charge < -0.3 is 4.74 Å². The van der Waals surface area contributed by atoms with Gasteiger partial charge in [-0.1, -0.05) is 12.2 Å². The van der Waals surface area contributed by atoms with Gasteiger partial charge in [0.2, 0.25) is 0 Å². The number of alkyl halides is 3. The van der Waals surface area contributed by atoms with Crippen LogP contribution < -0.4 is 4.74 Å². The van der Waals surface area contributed by atoms with Crippen LogP contribution in [-0.2, 0) is 12.6 Å². The van der Waals surface area contributed by atoms with Crippen molar-refractivity contribution < 1.29 is 17.9 Å². The smallest absolute Gasteiger partial charge is 0.416 e. The molecule has 0 aliphatic heterocycles. The molecule has 0 amide bonds. The molecular formula is C14H17F3O. The molecule has 0 atom stereocenters. The molecule has 0 spiro atoms. The minimum absolute atomic E-state index is 0.446. The molecule has 0 saturated carbocycles. The van der Waals surface area contributed by atoms with Crippen LogP contribution >= 0.6 is 0 Å². The summed E-state index contributed by atoms with van der Waals surface area (Å²) in [4.78, 5) is 0. The van der Waals surface area contributed by atoms with Crippen LogP contribution in [0.3, 0.4) is 0 Å². The van der Waals surface area contributed by atoms with Gasteiger partial charge in [-0.15, -0.1) is 0 Å². The highest BCUT2D eigenvalue weighted by molar-refractivity contribution is 5.38. The number of benzene rings is 1. The van der Waals surface area contributed by atoms with Crippen molar-refractivity contribution in [3.63, 3.8) is 0 Å². The number of hydrogen-bond acceptors (Lipinski definition) is 1. The van der Waals surface area contributed by atoms with Crippen LogP contribution in [0, 0.1) is 0 Å². The Hall–Kier alpha value is -1.45. The lowest BCUT2D eigenvalue weighted by Gasteiger charge is -2.13. The summed E-state index contributed by atoms with van der Waals surface area (Å²) in [6, 6.07) is 3.63. The van der Waals surface area contributed by atoms with Crippen molar-refractivity contribution in [3.8, 4) is 5.75 Å². The maximum absolute atomic E-state index is 12.6. The Balaban J connectivity index is 2.99. The highest BCUT2D eigenvalue weighted by Gasteiger charge is 2.31. The number of halogens is 3. The summed E-state index contributed by atoms with van der Waals surface area (Å²) in [6.45, 7) is 4.14. The molecule has 1 aromatic rings. The van der Waals surface area contributed by atoms with Gasteiger partial charge in [0.05, 0.1) is 12.2 Å². The summed E-state index contributed by atoms with van der Waals surface area (Å²) in [5, 5.41) is 0. The Morgan fingerprint density at radius 1 is 1.28 bits per heavy atom. The first-order chi connectivity index (χ1) is 8.49. The summed E-state index contributed by atoms with van der Waals surface area (Å²) in [5.74, 6) is 0.537. The fourth-order valence-corrected chi connectivity index (χ4v) is 1.65. The van der Waals surface area contributed by atoms with Crippen molar-refractivity contribution in [2.45, 2.75) is 32.9 Å². The molecule has 0 aliphatic rings. The van der Waals surface area contributed by atoms with Gasteiger partial charge in [0.25, 0.3) is 0 Å². The predicted octanol–water partition coefficient (Wildman–Crippen LogP) is 4.61. The van der Waals surface area contributed by atoms with Crippen LogP contribution in [0.25, 0.3) is 0 Å². The van der Waals surface area contributed by atoms with Crippen LogP contribution in [0.15, 0.2) is 30.4 Å². The molecule has 1 aromatic carbocycles. The number of hydrogen-bond donors (Lipinski definition) is 0. The Labute approximate surface area is 105 Å². The molecule has 0 unspecified atom stereocenters. The largest absolute Gasteiger partial charge is 0.494 e. The third-order valence-corrected chi connectivity index (χ3v) is 2.50. The molecule has 18 heavy (non-hydrogen) atoms. The van der Waals surface area contributed by atoms with Gasteiger partial charge in [-0.05, 0) is 50.5 Å². The third-order valence-electron chi connectivity index (χ3n) is 2.50. The molecule has 0 N–H and O–H groups in total. The Morgan fingerprint density at radius 3 is 2.56 bits per heavy atom. The molecule has 0 radical (unpaired) electrons. The lowest BCUT2D eigenvalue weighted by molar-refractivity contribution is -0.137. The molecule has 1 nitrogen and oxygen atoms in total. The number of rotatable bonds is 5. The highest BCUT2D eigenvalue weighted by Crippen LogP contribution is 2.33. The van der Waals surface area contributed by atoms with Crippen LogP contribution in [0.4, 0.5) is 13.2 Å². The second kappa shape index (κ2) is 6.47. The van der Waals surface area contributed by atoms with Crippen molar-refractivity contribution in [3.05, 3.63) is 41.5 Å². The van der Waals surface area contributed by atoms with Crippen LogP contribution in [0.5, 0.6) is 5.75 Å². The SMILES string of the molecule is C/C=C\CCc1cc(C(F)(F)F)ccc1OCC. The highest BCUT2D eigenvalue weighted by atomic mass is 19.4. The molecule has 1 rings (SSSR count). The number of ether oxygens (including phenoxy) is 1. The van der Waals surface area contributed by atoms with Crippen molar-refractivity contribution in [2.24, 2.45) is 0 Å². The van der Waals surface area contributed by atoms with E-state index in [2.05, 4.69) is 0 Å². The number of aryl methyl sites for hydroxylation is 1. The van der Waals surface area contributed by atoms with E-state index in [1.807, 2.05) is 26.0 Å².